The van der Waals surface area contributed by atoms with E-state index >= 15 is 0 Å². The molecule has 2 amide bonds. The summed E-state index contributed by atoms with van der Waals surface area (Å²) in [7, 11) is 0. The molecule has 1 atom stereocenters. The molecule has 0 bridgehead atoms. The molecule has 80 valence electrons. The Morgan fingerprint density at radius 3 is 2.93 bits per heavy atom. The number of carboxylic acids is 1. The molecule has 1 aliphatic heterocycles. The second-order valence-electron chi connectivity index (χ2n) is 3.18. The minimum absolute atomic E-state index is 0.309. The number of rotatable bonds is 3. The maximum Gasteiger partial charge on any atom is 0.332 e. The van der Waals surface area contributed by atoms with E-state index in [9.17, 15) is 9.59 Å². The number of nitrogens with one attached hydrogen (secondary N) is 1. The molecule has 1 aromatic heterocycles. The molecule has 1 unspecified atom stereocenters. The Morgan fingerprint density at radius 2 is 2.47 bits per heavy atom. The van der Waals surface area contributed by atoms with Crippen molar-refractivity contribution in [2.75, 3.05) is 13.1 Å². The van der Waals surface area contributed by atoms with Gasteiger partial charge in [-0.05, 0) is 11.4 Å². The smallest absolute Gasteiger partial charge is 0.332 e. The molecule has 0 aromatic carbocycles. The van der Waals surface area contributed by atoms with E-state index < -0.39 is 12.0 Å². The minimum Gasteiger partial charge on any atom is -0.479 e. The van der Waals surface area contributed by atoms with Gasteiger partial charge in [0.25, 0.3) is 0 Å². The van der Waals surface area contributed by atoms with Crippen molar-refractivity contribution in [3.8, 4) is 0 Å². The van der Waals surface area contributed by atoms with Gasteiger partial charge in [-0.1, -0.05) is 6.07 Å². The molecule has 0 radical (unpaired) electrons. The third-order valence-corrected chi connectivity index (χ3v) is 3.17. The molecule has 0 aliphatic carbocycles. The molecular formula is C9H10N2O3S. The predicted octanol–water partition coefficient (Wildman–Crippen LogP) is 0.899. The van der Waals surface area contributed by atoms with Gasteiger partial charge in [-0.25, -0.2) is 9.59 Å². The Labute approximate surface area is 90.3 Å². The summed E-state index contributed by atoms with van der Waals surface area (Å²) < 4.78 is 0. The molecule has 2 rings (SSSR count). The Hall–Kier alpha value is -1.56. The van der Waals surface area contributed by atoms with E-state index in [1.165, 1.54) is 16.2 Å². The average molecular weight is 226 g/mol. The number of urea groups is 1. The number of nitrogens with zero attached hydrogens (tertiary/aromatic N) is 1. The van der Waals surface area contributed by atoms with Crippen LogP contribution in [0.5, 0.6) is 0 Å². The number of carboxylic acid groups (broad SMARTS) is 1. The third-order valence-electron chi connectivity index (χ3n) is 2.25. The lowest BCUT2D eigenvalue weighted by molar-refractivity contribution is -0.142. The molecule has 0 spiro atoms. The first-order valence-corrected chi connectivity index (χ1v) is 5.39. The van der Waals surface area contributed by atoms with Gasteiger partial charge in [0.05, 0.1) is 0 Å². The molecule has 2 N–H and O–H groups in total. The van der Waals surface area contributed by atoms with Crippen LogP contribution < -0.4 is 5.32 Å². The zero-order valence-electron chi connectivity index (χ0n) is 7.84. The number of thiophene rings is 1. The SMILES string of the molecule is O=C(O)C(c1cccs1)N1CCNC1=O. The second-order valence-corrected chi connectivity index (χ2v) is 4.16. The van der Waals surface area contributed by atoms with Gasteiger partial charge >= 0.3 is 12.0 Å². The van der Waals surface area contributed by atoms with Crippen LogP contribution in [0.3, 0.4) is 0 Å². The predicted molar refractivity (Wildman–Crippen MR) is 54.8 cm³/mol. The molecule has 1 saturated heterocycles. The van der Waals surface area contributed by atoms with Crippen molar-refractivity contribution in [2.45, 2.75) is 6.04 Å². The van der Waals surface area contributed by atoms with Crippen LogP contribution in [0.25, 0.3) is 0 Å². The number of hydrogen-bond acceptors (Lipinski definition) is 3. The van der Waals surface area contributed by atoms with Gasteiger partial charge in [-0.15, -0.1) is 11.3 Å². The lowest BCUT2D eigenvalue weighted by atomic mass is 10.2. The fourth-order valence-electron chi connectivity index (χ4n) is 1.59. The van der Waals surface area contributed by atoms with Crippen LogP contribution in [-0.4, -0.2) is 35.1 Å². The summed E-state index contributed by atoms with van der Waals surface area (Å²) >= 11 is 1.35. The fourth-order valence-corrected chi connectivity index (χ4v) is 2.42. The van der Waals surface area contributed by atoms with E-state index in [4.69, 9.17) is 5.11 Å². The van der Waals surface area contributed by atoms with E-state index in [1.54, 1.807) is 17.5 Å². The normalized spacial score (nSPS) is 17.6. The largest absolute Gasteiger partial charge is 0.479 e. The Bertz CT molecular complexity index is 377. The van der Waals surface area contributed by atoms with E-state index in [2.05, 4.69) is 5.32 Å². The highest BCUT2D eigenvalue weighted by Crippen LogP contribution is 2.26. The first-order chi connectivity index (χ1) is 7.20. The van der Waals surface area contributed by atoms with Crippen LogP contribution in [0.4, 0.5) is 4.79 Å². The summed E-state index contributed by atoms with van der Waals surface area (Å²) in [5.74, 6) is -0.991. The van der Waals surface area contributed by atoms with Crippen LogP contribution in [0.1, 0.15) is 10.9 Å². The van der Waals surface area contributed by atoms with Crippen LogP contribution in [0, 0.1) is 0 Å². The van der Waals surface area contributed by atoms with Crippen molar-refractivity contribution < 1.29 is 14.7 Å². The molecular weight excluding hydrogens is 216 g/mol. The lowest BCUT2D eigenvalue weighted by Crippen LogP contribution is -2.36. The van der Waals surface area contributed by atoms with E-state index in [0.29, 0.717) is 18.0 Å². The molecule has 0 saturated carbocycles. The number of hydrogen-bond donors (Lipinski definition) is 2. The third kappa shape index (κ3) is 1.80. The molecule has 5 nitrogen and oxygen atoms in total. The van der Waals surface area contributed by atoms with E-state index in [0.717, 1.165) is 0 Å². The molecule has 1 fully saturated rings. The summed E-state index contributed by atoms with van der Waals surface area (Å²) in [4.78, 5) is 24.5. The second kappa shape index (κ2) is 3.90. The summed E-state index contributed by atoms with van der Waals surface area (Å²) in [6.45, 7) is 0.946. The topological polar surface area (TPSA) is 69.6 Å². The van der Waals surface area contributed by atoms with E-state index in [1.807, 2.05) is 0 Å². The molecule has 15 heavy (non-hydrogen) atoms. The minimum atomic E-state index is -0.991. The molecule has 1 aliphatic rings. The van der Waals surface area contributed by atoms with Crippen molar-refractivity contribution >= 4 is 23.3 Å². The summed E-state index contributed by atoms with van der Waals surface area (Å²) in [5.41, 5.74) is 0. The number of carbonyl (C=O) groups excluding carboxylic acids is 1. The van der Waals surface area contributed by atoms with Crippen molar-refractivity contribution in [1.29, 1.82) is 0 Å². The van der Waals surface area contributed by atoms with Gasteiger partial charge in [-0.3, -0.25) is 0 Å². The van der Waals surface area contributed by atoms with Gasteiger partial charge in [0.15, 0.2) is 6.04 Å². The number of aliphatic carboxylic acids is 1. The number of carbonyl (C=O) groups is 2. The number of amides is 2. The first kappa shape index (κ1) is 9.97. The zero-order valence-corrected chi connectivity index (χ0v) is 8.66. The highest BCUT2D eigenvalue weighted by atomic mass is 32.1. The van der Waals surface area contributed by atoms with Crippen molar-refractivity contribution in [1.82, 2.24) is 10.2 Å². The van der Waals surface area contributed by atoms with E-state index in [-0.39, 0.29) is 6.03 Å². The maximum atomic E-state index is 11.4. The average Bonchev–Trinajstić information content (AvgIpc) is 2.79. The highest BCUT2D eigenvalue weighted by Gasteiger charge is 2.34. The Kier molecular flexibility index (Phi) is 2.59. The molecule has 1 aromatic rings. The van der Waals surface area contributed by atoms with Gasteiger partial charge in [0.1, 0.15) is 0 Å². The van der Waals surface area contributed by atoms with Crippen LogP contribution in [0.15, 0.2) is 17.5 Å². The van der Waals surface area contributed by atoms with Crippen LogP contribution in [-0.2, 0) is 4.79 Å². The Morgan fingerprint density at radius 1 is 1.67 bits per heavy atom. The zero-order chi connectivity index (χ0) is 10.8. The highest BCUT2D eigenvalue weighted by molar-refractivity contribution is 7.10. The lowest BCUT2D eigenvalue weighted by Gasteiger charge is -2.21. The standard InChI is InChI=1S/C9H10N2O3S/c12-8(13)7(6-2-1-5-15-6)11-4-3-10-9(11)14/h1-2,5,7H,3-4H2,(H,10,14)(H,12,13). The van der Waals surface area contributed by atoms with Crippen molar-refractivity contribution in [3.63, 3.8) is 0 Å². The summed E-state index contributed by atoms with van der Waals surface area (Å²) in [5, 5.41) is 13.5. The Balaban J connectivity index is 2.28. The van der Waals surface area contributed by atoms with Gasteiger partial charge in [0, 0.05) is 18.0 Å². The summed E-state index contributed by atoms with van der Waals surface area (Å²) in [6.07, 6.45) is 0. The van der Waals surface area contributed by atoms with Gasteiger partial charge in [0.2, 0.25) is 0 Å². The van der Waals surface area contributed by atoms with Crippen molar-refractivity contribution in [3.05, 3.63) is 22.4 Å². The van der Waals surface area contributed by atoms with Gasteiger partial charge in [-0.2, -0.15) is 0 Å². The van der Waals surface area contributed by atoms with Crippen LogP contribution >= 0.6 is 11.3 Å². The molecule has 2 heterocycles. The summed E-state index contributed by atoms with van der Waals surface area (Å²) in [6, 6.07) is 2.35. The maximum absolute atomic E-state index is 11.4. The quantitative estimate of drug-likeness (QED) is 0.804. The van der Waals surface area contributed by atoms with Crippen molar-refractivity contribution in [2.24, 2.45) is 0 Å². The molecule has 6 heteroatoms. The fraction of sp³-hybridized carbons (Fsp3) is 0.333. The van der Waals surface area contributed by atoms with Crippen LogP contribution in [0.2, 0.25) is 0 Å². The first-order valence-electron chi connectivity index (χ1n) is 4.51. The monoisotopic (exact) mass is 226 g/mol. The van der Waals surface area contributed by atoms with Gasteiger partial charge < -0.3 is 15.3 Å².